The molecular formula is C12H15N5O. The van der Waals surface area contributed by atoms with Crippen molar-refractivity contribution in [2.45, 2.75) is 25.5 Å². The van der Waals surface area contributed by atoms with E-state index in [1.807, 2.05) is 24.3 Å². The van der Waals surface area contributed by atoms with Crippen LogP contribution < -0.4 is 5.12 Å². The van der Waals surface area contributed by atoms with E-state index >= 15 is 0 Å². The molecule has 0 bridgehead atoms. The third-order valence-electron chi connectivity index (χ3n) is 3.09. The number of rotatable bonds is 3. The monoisotopic (exact) mass is 245 g/mol. The second-order valence-electron chi connectivity index (χ2n) is 4.25. The van der Waals surface area contributed by atoms with E-state index in [2.05, 4.69) is 22.1 Å². The molecule has 0 amide bonds. The molecule has 2 heterocycles. The minimum absolute atomic E-state index is 0.110. The van der Waals surface area contributed by atoms with Gasteiger partial charge >= 0.3 is 0 Å². The molecule has 1 saturated heterocycles. The molecular weight excluding hydrogens is 230 g/mol. The molecule has 18 heavy (non-hydrogen) atoms. The van der Waals surface area contributed by atoms with Crippen LogP contribution in [0.5, 0.6) is 0 Å². The fourth-order valence-corrected chi connectivity index (χ4v) is 2.19. The number of hydrazone groups is 1. The number of aromatic nitrogens is 3. The quantitative estimate of drug-likeness (QED) is 0.607. The van der Waals surface area contributed by atoms with E-state index in [1.165, 1.54) is 0 Å². The molecule has 0 N–H and O–H groups in total. The Morgan fingerprint density at radius 1 is 1.39 bits per heavy atom. The highest BCUT2D eigenvalue weighted by Crippen LogP contribution is 2.18. The zero-order valence-electron chi connectivity index (χ0n) is 10.1. The van der Waals surface area contributed by atoms with Crippen LogP contribution in [0.3, 0.4) is 0 Å². The lowest BCUT2D eigenvalue weighted by Crippen LogP contribution is -2.43. The number of ether oxygens (including phenoxy) is 1. The van der Waals surface area contributed by atoms with Gasteiger partial charge in [0.05, 0.1) is 0 Å². The molecule has 94 valence electrons. The molecule has 2 aromatic rings. The minimum Gasteiger partial charge on any atom is -0.355 e. The fraction of sp³-hybridized carbons (Fsp3) is 0.417. The molecule has 1 unspecified atom stereocenters. The van der Waals surface area contributed by atoms with Crippen LogP contribution in [0.15, 0.2) is 29.4 Å². The van der Waals surface area contributed by atoms with Gasteiger partial charge in [0, 0.05) is 13.3 Å². The van der Waals surface area contributed by atoms with Crippen LogP contribution in [0.25, 0.3) is 11.0 Å². The summed E-state index contributed by atoms with van der Waals surface area (Å²) in [5.74, 6) is 0. The molecule has 1 aromatic heterocycles. The zero-order chi connectivity index (χ0) is 12.4. The number of hydrogen-bond donors (Lipinski definition) is 0. The third kappa shape index (κ3) is 1.84. The summed E-state index contributed by atoms with van der Waals surface area (Å²) < 4.78 is 5.71. The second-order valence-corrected chi connectivity index (χ2v) is 4.25. The first kappa shape index (κ1) is 11.2. The lowest BCUT2D eigenvalue weighted by molar-refractivity contribution is -0.000976. The number of benzene rings is 1. The summed E-state index contributed by atoms with van der Waals surface area (Å²) in [4.78, 5) is 1.65. The average Bonchev–Trinajstić information content (AvgIpc) is 2.85. The van der Waals surface area contributed by atoms with Crippen LogP contribution in [0.1, 0.15) is 19.3 Å². The summed E-state index contributed by atoms with van der Waals surface area (Å²) >= 11 is 0. The Labute approximate surface area is 105 Å². The highest BCUT2D eigenvalue weighted by molar-refractivity contribution is 5.74. The Morgan fingerprint density at radius 2 is 2.28 bits per heavy atom. The molecule has 1 fully saturated rings. The zero-order valence-corrected chi connectivity index (χ0v) is 10.1. The van der Waals surface area contributed by atoms with Gasteiger partial charge in [-0.1, -0.05) is 12.1 Å². The lowest BCUT2D eigenvalue weighted by atomic mass is 10.2. The van der Waals surface area contributed by atoms with E-state index in [0.29, 0.717) is 0 Å². The SMILES string of the molecule is C=NN(C1CCCCO1)n1nnc2ccccc21. The molecule has 1 atom stereocenters. The van der Waals surface area contributed by atoms with Crippen molar-refractivity contribution in [3.05, 3.63) is 24.3 Å². The Morgan fingerprint density at radius 3 is 3.06 bits per heavy atom. The molecule has 0 radical (unpaired) electrons. The van der Waals surface area contributed by atoms with Crippen LogP contribution >= 0.6 is 0 Å². The first-order chi connectivity index (χ1) is 8.90. The van der Waals surface area contributed by atoms with Crippen molar-refractivity contribution in [2.24, 2.45) is 5.10 Å². The Kier molecular flexibility index (Phi) is 2.93. The summed E-state index contributed by atoms with van der Waals surface area (Å²) in [6, 6.07) is 7.76. The maximum atomic E-state index is 5.71. The summed E-state index contributed by atoms with van der Waals surface area (Å²) in [6.45, 7) is 4.36. The normalized spacial score (nSPS) is 19.9. The first-order valence-corrected chi connectivity index (χ1v) is 6.08. The molecule has 0 spiro atoms. The van der Waals surface area contributed by atoms with Gasteiger partial charge in [-0.2, -0.15) is 10.2 Å². The van der Waals surface area contributed by atoms with E-state index < -0.39 is 0 Å². The standard InChI is InChI=1S/C12H15N5O/c1-13-17(12-8-4-5-9-18-12)16-11-7-3-2-6-10(11)14-15-16/h2-3,6-7,12H,1,4-5,8-9H2. The fourth-order valence-electron chi connectivity index (χ4n) is 2.19. The van der Waals surface area contributed by atoms with E-state index in [0.717, 1.165) is 36.9 Å². The van der Waals surface area contributed by atoms with E-state index in [9.17, 15) is 0 Å². The van der Waals surface area contributed by atoms with Gasteiger partial charge in [0.15, 0.2) is 6.23 Å². The van der Waals surface area contributed by atoms with Crippen LogP contribution in [-0.4, -0.2) is 34.7 Å². The summed E-state index contributed by atoms with van der Waals surface area (Å²) in [5.41, 5.74) is 1.74. The Hall–Kier alpha value is -1.95. The highest BCUT2D eigenvalue weighted by atomic mass is 16.5. The van der Waals surface area contributed by atoms with Crippen LogP contribution in [0.2, 0.25) is 0 Å². The van der Waals surface area contributed by atoms with E-state index in [4.69, 9.17) is 4.74 Å². The number of fused-ring (bicyclic) bond motifs is 1. The van der Waals surface area contributed by atoms with Gasteiger partial charge in [0.2, 0.25) is 0 Å². The van der Waals surface area contributed by atoms with Crippen LogP contribution in [0.4, 0.5) is 0 Å². The predicted octanol–water partition coefficient (Wildman–Crippen LogP) is 1.51. The Balaban J connectivity index is 1.97. The average molecular weight is 245 g/mol. The van der Waals surface area contributed by atoms with Gasteiger partial charge in [-0.15, -0.1) is 9.89 Å². The van der Waals surface area contributed by atoms with Crippen molar-refractivity contribution in [1.82, 2.24) is 15.1 Å². The second kappa shape index (κ2) is 4.73. The molecule has 3 rings (SSSR count). The van der Waals surface area contributed by atoms with Gasteiger partial charge in [0.1, 0.15) is 11.0 Å². The van der Waals surface area contributed by atoms with Crippen LogP contribution in [0, 0.1) is 0 Å². The largest absolute Gasteiger partial charge is 0.355 e. The van der Waals surface area contributed by atoms with Crippen molar-refractivity contribution < 1.29 is 4.74 Å². The third-order valence-corrected chi connectivity index (χ3v) is 3.09. The molecule has 1 aromatic carbocycles. The summed E-state index contributed by atoms with van der Waals surface area (Å²) in [7, 11) is 0. The van der Waals surface area contributed by atoms with Gasteiger partial charge in [0.25, 0.3) is 0 Å². The van der Waals surface area contributed by atoms with Gasteiger partial charge in [-0.25, -0.2) is 0 Å². The van der Waals surface area contributed by atoms with E-state index in [1.54, 1.807) is 9.91 Å². The van der Waals surface area contributed by atoms with Crippen molar-refractivity contribution in [2.75, 3.05) is 11.7 Å². The highest BCUT2D eigenvalue weighted by Gasteiger charge is 2.23. The number of nitrogens with zero attached hydrogens (tertiary/aromatic N) is 5. The van der Waals surface area contributed by atoms with Crippen molar-refractivity contribution in [1.29, 1.82) is 0 Å². The lowest BCUT2D eigenvalue weighted by Gasteiger charge is -2.30. The topological polar surface area (TPSA) is 55.5 Å². The predicted molar refractivity (Wildman–Crippen MR) is 68.9 cm³/mol. The molecule has 0 aliphatic carbocycles. The van der Waals surface area contributed by atoms with Crippen molar-refractivity contribution >= 4 is 17.8 Å². The number of hydrogen-bond acceptors (Lipinski definition) is 5. The van der Waals surface area contributed by atoms with Gasteiger partial charge in [-0.3, -0.25) is 0 Å². The molecule has 6 heteroatoms. The first-order valence-electron chi connectivity index (χ1n) is 6.08. The van der Waals surface area contributed by atoms with Gasteiger partial charge in [-0.05, 0) is 36.6 Å². The summed E-state index contributed by atoms with van der Waals surface area (Å²) in [5, 5.41) is 13.9. The maximum Gasteiger partial charge on any atom is 0.169 e. The Bertz CT molecular complexity index is 546. The van der Waals surface area contributed by atoms with E-state index in [-0.39, 0.29) is 6.23 Å². The van der Waals surface area contributed by atoms with Crippen molar-refractivity contribution in [3.63, 3.8) is 0 Å². The van der Waals surface area contributed by atoms with Crippen LogP contribution in [-0.2, 0) is 4.74 Å². The van der Waals surface area contributed by atoms with Gasteiger partial charge < -0.3 is 4.74 Å². The smallest absolute Gasteiger partial charge is 0.169 e. The number of para-hydroxylation sites is 1. The molecule has 6 nitrogen and oxygen atoms in total. The van der Waals surface area contributed by atoms with Crippen molar-refractivity contribution in [3.8, 4) is 0 Å². The molecule has 0 saturated carbocycles. The summed E-state index contributed by atoms with van der Waals surface area (Å²) in [6.07, 6.45) is 3.04. The molecule has 1 aliphatic rings. The minimum atomic E-state index is -0.110. The maximum absolute atomic E-state index is 5.71. The molecule has 1 aliphatic heterocycles.